The SMILES string of the molecule is O=S(=O)(O)CC1CCN(c2nc3ccc(Cl)cc3s2)CC1. The lowest BCUT2D eigenvalue weighted by atomic mass is 9.99. The van der Waals surface area contributed by atoms with Gasteiger partial charge in [0.2, 0.25) is 0 Å². The predicted molar refractivity (Wildman–Crippen MR) is 86.0 cm³/mol. The Bertz CT molecular complexity index is 752. The fourth-order valence-corrected chi connectivity index (χ4v) is 4.83. The molecule has 2 aromatic rings. The molecule has 1 aliphatic rings. The molecule has 0 saturated carbocycles. The third kappa shape index (κ3) is 3.66. The van der Waals surface area contributed by atoms with E-state index in [1.807, 2.05) is 18.2 Å². The maximum Gasteiger partial charge on any atom is 0.265 e. The summed E-state index contributed by atoms with van der Waals surface area (Å²) < 4.78 is 31.8. The summed E-state index contributed by atoms with van der Waals surface area (Å²) in [5, 5.41) is 1.64. The van der Waals surface area contributed by atoms with Gasteiger partial charge in [-0.15, -0.1) is 0 Å². The zero-order valence-corrected chi connectivity index (χ0v) is 13.6. The summed E-state index contributed by atoms with van der Waals surface area (Å²) in [6, 6.07) is 5.64. The highest BCUT2D eigenvalue weighted by molar-refractivity contribution is 7.85. The van der Waals surface area contributed by atoms with E-state index >= 15 is 0 Å². The normalized spacial score (nSPS) is 17.5. The highest BCUT2D eigenvalue weighted by Crippen LogP contribution is 2.33. The number of benzene rings is 1. The largest absolute Gasteiger partial charge is 0.348 e. The number of anilines is 1. The molecule has 0 unspecified atom stereocenters. The van der Waals surface area contributed by atoms with Crippen molar-refractivity contribution in [2.24, 2.45) is 5.92 Å². The summed E-state index contributed by atoms with van der Waals surface area (Å²) in [5.41, 5.74) is 0.930. The molecule has 3 rings (SSSR count). The molecule has 0 spiro atoms. The lowest BCUT2D eigenvalue weighted by Crippen LogP contribution is -2.35. The van der Waals surface area contributed by atoms with Crippen LogP contribution in [0.1, 0.15) is 12.8 Å². The van der Waals surface area contributed by atoms with Crippen molar-refractivity contribution >= 4 is 48.4 Å². The molecule has 1 N–H and O–H groups in total. The van der Waals surface area contributed by atoms with Gasteiger partial charge in [-0.2, -0.15) is 8.42 Å². The van der Waals surface area contributed by atoms with E-state index in [9.17, 15) is 8.42 Å². The molecule has 5 nitrogen and oxygen atoms in total. The summed E-state index contributed by atoms with van der Waals surface area (Å²) in [7, 11) is -3.88. The van der Waals surface area contributed by atoms with Crippen molar-refractivity contribution in [3.05, 3.63) is 23.2 Å². The maximum atomic E-state index is 10.9. The van der Waals surface area contributed by atoms with Gasteiger partial charge < -0.3 is 4.90 Å². The molecule has 1 saturated heterocycles. The van der Waals surface area contributed by atoms with E-state index < -0.39 is 10.1 Å². The summed E-state index contributed by atoms with van der Waals surface area (Å²) >= 11 is 7.57. The van der Waals surface area contributed by atoms with Gasteiger partial charge in [-0.25, -0.2) is 4.98 Å². The van der Waals surface area contributed by atoms with Crippen LogP contribution in [-0.2, 0) is 10.1 Å². The van der Waals surface area contributed by atoms with Crippen LogP contribution >= 0.6 is 22.9 Å². The van der Waals surface area contributed by atoms with E-state index in [-0.39, 0.29) is 11.7 Å². The smallest absolute Gasteiger partial charge is 0.265 e. The van der Waals surface area contributed by atoms with Crippen molar-refractivity contribution in [3.63, 3.8) is 0 Å². The fraction of sp³-hybridized carbons (Fsp3) is 0.462. The third-order valence-corrected chi connectivity index (χ3v) is 5.88. The number of piperidine rings is 1. The number of hydrogen-bond donors (Lipinski definition) is 1. The molecule has 1 aliphatic heterocycles. The molecule has 8 heteroatoms. The van der Waals surface area contributed by atoms with Gasteiger partial charge in [0.05, 0.1) is 16.0 Å². The summed E-state index contributed by atoms with van der Waals surface area (Å²) in [6.45, 7) is 1.52. The number of nitrogens with zero attached hydrogens (tertiary/aromatic N) is 2. The zero-order valence-electron chi connectivity index (χ0n) is 11.2. The topological polar surface area (TPSA) is 70.5 Å². The van der Waals surface area contributed by atoms with Gasteiger partial charge >= 0.3 is 0 Å². The van der Waals surface area contributed by atoms with Crippen LogP contribution < -0.4 is 4.90 Å². The Morgan fingerprint density at radius 1 is 1.38 bits per heavy atom. The van der Waals surface area contributed by atoms with Crippen LogP contribution in [0.3, 0.4) is 0 Å². The van der Waals surface area contributed by atoms with Crippen LogP contribution in [0, 0.1) is 5.92 Å². The fourth-order valence-electron chi connectivity index (χ4n) is 2.61. The highest BCUT2D eigenvalue weighted by atomic mass is 35.5. The third-order valence-electron chi connectivity index (χ3n) is 3.67. The lowest BCUT2D eigenvalue weighted by Gasteiger charge is -2.31. The van der Waals surface area contributed by atoms with Gasteiger partial charge in [0.15, 0.2) is 5.13 Å². The Hall–Kier alpha value is -0.890. The number of hydrogen-bond acceptors (Lipinski definition) is 5. The molecule has 0 bridgehead atoms. The number of halogens is 1. The molecular weight excluding hydrogens is 332 g/mol. The second-order valence-corrected chi connectivity index (χ2v) is 8.23. The average Bonchev–Trinajstić information content (AvgIpc) is 2.80. The molecule has 1 aromatic carbocycles. The predicted octanol–water partition coefficient (Wildman–Crippen LogP) is 3.05. The number of aromatic nitrogens is 1. The zero-order chi connectivity index (χ0) is 15.0. The first kappa shape index (κ1) is 15.0. The molecule has 1 aromatic heterocycles. The Morgan fingerprint density at radius 2 is 2.10 bits per heavy atom. The van der Waals surface area contributed by atoms with Crippen LogP contribution in [0.5, 0.6) is 0 Å². The quantitative estimate of drug-likeness (QED) is 0.865. The first-order chi connectivity index (χ1) is 9.90. The highest BCUT2D eigenvalue weighted by Gasteiger charge is 2.24. The number of rotatable bonds is 3. The van der Waals surface area contributed by atoms with E-state index in [4.69, 9.17) is 16.2 Å². The van der Waals surface area contributed by atoms with Crippen LogP contribution in [0.2, 0.25) is 5.02 Å². The first-order valence-corrected chi connectivity index (χ1v) is 9.47. The average molecular weight is 347 g/mol. The Balaban J connectivity index is 1.71. The van der Waals surface area contributed by atoms with E-state index in [1.54, 1.807) is 11.3 Å². The van der Waals surface area contributed by atoms with Crippen molar-refractivity contribution in [3.8, 4) is 0 Å². The molecule has 0 radical (unpaired) electrons. The van der Waals surface area contributed by atoms with Crippen LogP contribution in [-0.4, -0.2) is 36.8 Å². The van der Waals surface area contributed by atoms with Crippen molar-refractivity contribution in [2.45, 2.75) is 12.8 Å². The minimum absolute atomic E-state index is 0.0278. The van der Waals surface area contributed by atoms with Crippen molar-refractivity contribution < 1.29 is 13.0 Å². The molecule has 0 amide bonds. The van der Waals surface area contributed by atoms with Gasteiger partial charge in [0.25, 0.3) is 10.1 Å². The van der Waals surface area contributed by atoms with Crippen LogP contribution in [0.25, 0.3) is 10.2 Å². The van der Waals surface area contributed by atoms with Gasteiger partial charge in [-0.3, -0.25) is 4.55 Å². The minimum Gasteiger partial charge on any atom is -0.348 e. The van der Waals surface area contributed by atoms with Crippen molar-refractivity contribution in [1.82, 2.24) is 4.98 Å². The summed E-state index contributed by atoms with van der Waals surface area (Å²) in [5.74, 6) is -0.115. The summed E-state index contributed by atoms with van der Waals surface area (Å²) in [6.07, 6.45) is 1.49. The first-order valence-electron chi connectivity index (χ1n) is 6.67. The van der Waals surface area contributed by atoms with Crippen LogP contribution in [0.15, 0.2) is 18.2 Å². The Morgan fingerprint density at radius 3 is 2.76 bits per heavy atom. The van der Waals surface area contributed by atoms with Gasteiger partial charge in [0, 0.05) is 18.1 Å². The van der Waals surface area contributed by atoms with Crippen molar-refractivity contribution in [1.29, 1.82) is 0 Å². The molecular formula is C13H15ClN2O3S2. The summed E-state index contributed by atoms with van der Waals surface area (Å²) in [4.78, 5) is 6.76. The minimum atomic E-state index is -3.88. The molecule has 21 heavy (non-hydrogen) atoms. The van der Waals surface area contributed by atoms with E-state index in [0.29, 0.717) is 5.02 Å². The van der Waals surface area contributed by atoms with E-state index in [1.165, 1.54) is 0 Å². The number of thiazole rings is 1. The second-order valence-electron chi connectivity index (χ2n) is 5.29. The van der Waals surface area contributed by atoms with E-state index in [0.717, 1.165) is 41.3 Å². The lowest BCUT2D eigenvalue weighted by molar-refractivity contribution is 0.413. The molecule has 2 heterocycles. The molecule has 0 aliphatic carbocycles. The Kier molecular flexibility index (Phi) is 4.09. The Labute approximate surface area is 132 Å². The molecule has 1 fully saturated rings. The monoisotopic (exact) mass is 346 g/mol. The van der Waals surface area contributed by atoms with Gasteiger partial charge in [0.1, 0.15) is 0 Å². The second kappa shape index (κ2) is 5.72. The van der Waals surface area contributed by atoms with E-state index in [2.05, 4.69) is 9.88 Å². The van der Waals surface area contributed by atoms with Crippen LogP contribution in [0.4, 0.5) is 5.13 Å². The van der Waals surface area contributed by atoms with Crippen molar-refractivity contribution in [2.75, 3.05) is 23.7 Å². The number of fused-ring (bicyclic) bond motifs is 1. The van der Waals surface area contributed by atoms with Gasteiger partial charge in [-0.05, 0) is 37.0 Å². The maximum absolute atomic E-state index is 10.9. The standard InChI is InChI=1S/C13H15ClN2O3S2/c14-10-1-2-11-12(7-10)20-13(15-11)16-5-3-9(4-6-16)8-21(17,18)19/h1-2,7,9H,3-6,8H2,(H,17,18,19). The van der Waals surface area contributed by atoms with Gasteiger partial charge in [-0.1, -0.05) is 22.9 Å². The molecule has 0 atom stereocenters. The molecule has 114 valence electrons.